The summed E-state index contributed by atoms with van der Waals surface area (Å²) in [5.41, 5.74) is 10.9. The predicted octanol–water partition coefficient (Wildman–Crippen LogP) is -1.62. The van der Waals surface area contributed by atoms with E-state index in [0.717, 1.165) is 0 Å². The Morgan fingerprint density at radius 2 is 1.52 bits per heavy atom. The molecule has 0 aromatic carbocycles. The molecule has 11 heteroatoms. The zero-order valence-corrected chi connectivity index (χ0v) is 13.9. The van der Waals surface area contributed by atoms with Gasteiger partial charge in [0.05, 0.1) is 6.42 Å². The van der Waals surface area contributed by atoms with Crippen LogP contribution in [0.1, 0.15) is 39.0 Å². The van der Waals surface area contributed by atoms with Crippen LogP contribution >= 0.6 is 0 Å². The fourth-order valence-corrected chi connectivity index (χ4v) is 1.56. The van der Waals surface area contributed by atoms with Crippen molar-refractivity contribution < 1.29 is 38.9 Å². The van der Waals surface area contributed by atoms with Gasteiger partial charge in [0.15, 0.2) is 0 Å². The smallest absolute Gasteiger partial charge is 0.372 e. The van der Waals surface area contributed by atoms with Crippen molar-refractivity contribution in [2.45, 2.75) is 51.1 Å². The summed E-state index contributed by atoms with van der Waals surface area (Å²) in [5, 5.41) is 10.9. The topological polar surface area (TPSA) is 188 Å². The van der Waals surface area contributed by atoms with Gasteiger partial charge in [0.2, 0.25) is 5.91 Å². The van der Waals surface area contributed by atoms with Crippen LogP contribution in [0.15, 0.2) is 0 Å². The predicted molar refractivity (Wildman–Crippen MR) is 82.5 cm³/mol. The van der Waals surface area contributed by atoms with Crippen LogP contribution in [-0.2, 0) is 33.7 Å². The van der Waals surface area contributed by atoms with Crippen molar-refractivity contribution >= 4 is 29.6 Å². The molecule has 25 heavy (non-hydrogen) atoms. The second kappa shape index (κ2) is 11.9. The van der Waals surface area contributed by atoms with Gasteiger partial charge in [-0.15, -0.1) is 0 Å². The number of carbonyl (C=O) groups is 5. The number of carbonyl (C=O) groups excluding carboxylic acids is 4. The number of carboxylic acid groups (broad SMARTS) is 1. The van der Waals surface area contributed by atoms with E-state index >= 15 is 0 Å². The molecular formula is C14H23N3O8. The van der Waals surface area contributed by atoms with Gasteiger partial charge in [0.25, 0.3) is 0 Å². The molecule has 0 aromatic rings. The lowest BCUT2D eigenvalue weighted by atomic mass is 10.1. The first-order valence-corrected chi connectivity index (χ1v) is 7.54. The van der Waals surface area contributed by atoms with E-state index in [9.17, 15) is 24.0 Å². The van der Waals surface area contributed by atoms with Crippen LogP contribution in [0.4, 0.5) is 0 Å². The molecule has 1 amide bonds. The van der Waals surface area contributed by atoms with E-state index in [1.165, 1.54) is 6.92 Å². The monoisotopic (exact) mass is 361 g/mol. The first-order chi connectivity index (χ1) is 11.6. The highest BCUT2D eigenvalue weighted by Gasteiger charge is 2.22. The summed E-state index contributed by atoms with van der Waals surface area (Å²) >= 11 is 0. The summed E-state index contributed by atoms with van der Waals surface area (Å²) in [4.78, 5) is 63.6. The molecule has 0 aliphatic rings. The fourth-order valence-electron chi connectivity index (χ4n) is 1.56. The summed E-state index contributed by atoms with van der Waals surface area (Å²) in [6, 6.07) is -2.33. The van der Waals surface area contributed by atoms with Crippen molar-refractivity contribution in [1.82, 2.24) is 5.32 Å². The molecule has 0 heterocycles. The Morgan fingerprint density at radius 3 is 2.00 bits per heavy atom. The lowest BCUT2D eigenvalue weighted by molar-refractivity contribution is -0.261. The van der Waals surface area contributed by atoms with E-state index in [4.69, 9.17) is 16.6 Å². The molecule has 1 unspecified atom stereocenters. The molecule has 0 aliphatic carbocycles. The van der Waals surface area contributed by atoms with Crippen LogP contribution in [0.3, 0.4) is 0 Å². The molecular weight excluding hydrogens is 338 g/mol. The van der Waals surface area contributed by atoms with Gasteiger partial charge in [-0.3, -0.25) is 14.4 Å². The average Bonchev–Trinajstić information content (AvgIpc) is 2.52. The minimum atomic E-state index is -1.24. The third-order valence-corrected chi connectivity index (χ3v) is 2.90. The van der Waals surface area contributed by atoms with Crippen LogP contribution in [0.5, 0.6) is 0 Å². The Kier molecular flexibility index (Phi) is 10.7. The van der Waals surface area contributed by atoms with Crippen molar-refractivity contribution in [3.8, 4) is 0 Å². The molecule has 0 fully saturated rings. The molecule has 0 rings (SSSR count). The number of nitrogens with two attached hydrogens (primary N) is 2. The number of rotatable bonds is 11. The van der Waals surface area contributed by atoms with E-state index < -0.39 is 35.9 Å². The standard InChI is InChI=1S/C14H23N3O8/c1-8(18)7-11(19)17-6-2-3-9(15)13(22)24-25-14(23)10(16)4-5-12(20)21/h9-10H,2-7,15-16H2,1H3,(H,17,19)(H,20,21)/t9?,10-/m1/s1. The molecule has 0 aliphatic heterocycles. The molecule has 0 radical (unpaired) electrons. The minimum Gasteiger partial charge on any atom is -0.481 e. The Labute approximate surface area is 143 Å². The molecule has 2 atom stereocenters. The minimum absolute atomic E-state index is 0.141. The van der Waals surface area contributed by atoms with Crippen molar-refractivity contribution in [1.29, 1.82) is 0 Å². The van der Waals surface area contributed by atoms with Crippen molar-refractivity contribution in [2.24, 2.45) is 11.5 Å². The summed E-state index contributed by atoms with van der Waals surface area (Å²) in [5.74, 6) is -3.90. The van der Waals surface area contributed by atoms with Crippen LogP contribution in [0.25, 0.3) is 0 Å². The maximum Gasteiger partial charge on any atom is 0.372 e. The third-order valence-electron chi connectivity index (χ3n) is 2.90. The fraction of sp³-hybridized carbons (Fsp3) is 0.643. The number of carboxylic acids is 1. The number of hydrogen-bond acceptors (Lipinski definition) is 9. The van der Waals surface area contributed by atoms with E-state index in [0.29, 0.717) is 6.42 Å². The van der Waals surface area contributed by atoms with Crippen LogP contribution in [-0.4, -0.2) is 53.3 Å². The molecule has 6 N–H and O–H groups in total. The van der Waals surface area contributed by atoms with Gasteiger partial charge in [-0.25, -0.2) is 19.4 Å². The van der Waals surface area contributed by atoms with Gasteiger partial charge in [0.1, 0.15) is 17.9 Å². The number of nitrogens with one attached hydrogen (secondary N) is 1. The average molecular weight is 361 g/mol. The highest BCUT2D eigenvalue weighted by molar-refractivity contribution is 5.96. The molecule has 0 spiro atoms. The first kappa shape index (κ1) is 22.5. The van der Waals surface area contributed by atoms with Gasteiger partial charge >= 0.3 is 17.9 Å². The highest BCUT2D eigenvalue weighted by atomic mass is 17.2. The van der Waals surface area contributed by atoms with Gasteiger partial charge in [0, 0.05) is 13.0 Å². The third kappa shape index (κ3) is 11.6. The largest absolute Gasteiger partial charge is 0.481 e. The summed E-state index contributed by atoms with van der Waals surface area (Å²) in [7, 11) is 0. The number of aliphatic carboxylic acids is 1. The Morgan fingerprint density at radius 1 is 1.00 bits per heavy atom. The van der Waals surface area contributed by atoms with Gasteiger partial charge in [-0.05, 0) is 26.2 Å². The Bertz CT molecular complexity index is 508. The maximum atomic E-state index is 11.5. The van der Waals surface area contributed by atoms with Crippen molar-refractivity contribution in [3.05, 3.63) is 0 Å². The van der Waals surface area contributed by atoms with E-state index in [1.54, 1.807) is 0 Å². The molecule has 142 valence electrons. The number of ketones is 1. The molecule has 11 nitrogen and oxygen atoms in total. The lowest BCUT2D eigenvalue weighted by Gasteiger charge is -2.12. The van der Waals surface area contributed by atoms with E-state index in [-0.39, 0.29) is 38.0 Å². The summed E-state index contributed by atoms with van der Waals surface area (Å²) < 4.78 is 0. The summed E-state index contributed by atoms with van der Waals surface area (Å²) in [6.07, 6.45) is -0.239. The second-order valence-electron chi connectivity index (χ2n) is 5.32. The van der Waals surface area contributed by atoms with Gasteiger partial charge in [-0.2, -0.15) is 0 Å². The van der Waals surface area contributed by atoms with Gasteiger partial charge < -0.3 is 21.9 Å². The van der Waals surface area contributed by atoms with E-state index in [2.05, 4.69) is 15.1 Å². The SMILES string of the molecule is CC(=O)CC(=O)NCCCC(N)C(=O)OOC(=O)[C@H](N)CCC(=O)O. The normalized spacial score (nSPS) is 12.6. The van der Waals surface area contributed by atoms with Crippen molar-refractivity contribution in [2.75, 3.05) is 6.54 Å². The Balaban J connectivity index is 3.94. The quantitative estimate of drug-likeness (QED) is 0.144. The molecule has 0 saturated carbocycles. The number of Topliss-reactive ketones (excluding diaryl/α,β-unsaturated/α-hetero) is 1. The zero-order valence-electron chi connectivity index (χ0n) is 13.9. The van der Waals surface area contributed by atoms with Crippen LogP contribution in [0.2, 0.25) is 0 Å². The maximum absolute atomic E-state index is 11.5. The van der Waals surface area contributed by atoms with Crippen molar-refractivity contribution in [3.63, 3.8) is 0 Å². The molecule has 0 bridgehead atoms. The lowest BCUT2D eigenvalue weighted by Crippen LogP contribution is -2.37. The molecule has 0 saturated heterocycles. The zero-order chi connectivity index (χ0) is 19.4. The van der Waals surface area contributed by atoms with Crippen LogP contribution in [0, 0.1) is 0 Å². The van der Waals surface area contributed by atoms with Gasteiger partial charge in [-0.1, -0.05) is 0 Å². The molecule has 0 aromatic heterocycles. The van der Waals surface area contributed by atoms with E-state index in [1.807, 2.05) is 0 Å². The van der Waals surface area contributed by atoms with Crippen LogP contribution < -0.4 is 16.8 Å². The Hall–Kier alpha value is -2.53. The summed E-state index contributed by atoms with van der Waals surface area (Å²) in [6.45, 7) is 1.51. The number of amides is 1. The number of hydrogen-bond donors (Lipinski definition) is 4. The highest BCUT2D eigenvalue weighted by Crippen LogP contribution is 2.01. The first-order valence-electron chi connectivity index (χ1n) is 7.54. The second-order valence-corrected chi connectivity index (χ2v) is 5.32.